The van der Waals surface area contributed by atoms with E-state index in [4.69, 9.17) is 14.6 Å². The topological polar surface area (TPSA) is 111 Å². The van der Waals surface area contributed by atoms with Crippen LogP contribution in [0.2, 0.25) is 0 Å². The summed E-state index contributed by atoms with van der Waals surface area (Å²) < 4.78 is 146. The third-order valence-corrected chi connectivity index (χ3v) is 7.84. The van der Waals surface area contributed by atoms with E-state index in [0.717, 1.165) is 0 Å². The minimum absolute atomic E-state index is 0.0588. The molecule has 0 bridgehead atoms. The van der Waals surface area contributed by atoms with Gasteiger partial charge in [-0.05, 0) is 65.6 Å². The van der Waals surface area contributed by atoms with Crippen LogP contribution in [-0.2, 0) is 35.0 Å². The molecule has 0 saturated carbocycles. The molecule has 0 radical (unpaired) electrons. The Hall–Kier alpha value is -4.78. The molecule has 0 aliphatic carbocycles. The van der Waals surface area contributed by atoms with E-state index >= 15 is 0 Å². The zero-order valence-corrected chi connectivity index (χ0v) is 25.8. The van der Waals surface area contributed by atoms with Crippen LogP contribution in [0.4, 0.5) is 48.3 Å². The van der Waals surface area contributed by atoms with E-state index in [1.165, 1.54) is 24.3 Å². The zero-order valence-electron chi connectivity index (χ0n) is 25.8. The smallest absolute Gasteiger partial charge is 0.475 e. The van der Waals surface area contributed by atoms with Crippen molar-refractivity contribution in [1.82, 2.24) is 20.1 Å². The Balaban J connectivity index is 0.000000755. The minimum Gasteiger partial charge on any atom is -0.475 e. The second kappa shape index (κ2) is 15.6. The van der Waals surface area contributed by atoms with Crippen molar-refractivity contribution in [2.45, 2.75) is 50.1 Å². The highest BCUT2D eigenvalue weighted by Gasteiger charge is 2.40. The van der Waals surface area contributed by atoms with E-state index in [-0.39, 0.29) is 24.7 Å². The van der Waals surface area contributed by atoms with Gasteiger partial charge in [-0.15, -0.1) is 0 Å². The van der Waals surface area contributed by atoms with Gasteiger partial charge in [0.05, 0.1) is 30.4 Å². The van der Waals surface area contributed by atoms with Gasteiger partial charge in [0.15, 0.2) is 0 Å². The molecule has 4 aromatic rings. The number of alkyl halides is 9. The molecule has 0 amide bonds. The first-order valence-electron chi connectivity index (χ1n) is 14.8. The number of carboxylic acid groups (broad SMARTS) is 1. The molecule has 1 aromatic heterocycles. The Kier molecular flexibility index (Phi) is 12.0. The van der Waals surface area contributed by atoms with Crippen molar-refractivity contribution in [2.24, 2.45) is 5.92 Å². The van der Waals surface area contributed by atoms with Gasteiger partial charge in [-0.1, -0.05) is 24.3 Å². The summed E-state index contributed by atoms with van der Waals surface area (Å²) in [6, 6.07) is 12.6. The Bertz CT molecular complexity index is 1740. The maximum Gasteiger partial charge on any atom is 0.490 e. The second-order valence-corrected chi connectivity index (χ2v) is 11.4. The molecule has 0 unspecified atom stereocenters. The molecule has 2 atom stereocenters. The average Bonchev–Trinajstić information content (AvgIpc) is 3.45. The van der Waals surface area contributed by atoms with Gasteiger partial charge in [0.2, 0.25) is 0 Å². The average molecular weight is 741 g/mol. The number of carboxylic acids is 1. The van der Waals surface area contributed by atoms with Gasteiger partial charge < -0.3 is 9.84 Å². The first-order chi connectivity index (χ1) is 23.7. The van der Waals surface area contributed by atoms with Crippen LogP contribution in [0.15, 0.2) is 71.5 Å². The maximum absolute atomic E-state index is 13.9. The lowest BCUT2D eigenvalue weighted by atomic mass is 9.75. The van der Waals surface area contributed by atoms with Crippen molar-refractivity contribution >= 4 is 5.97 Å². The van der Waals surface area contributed by atoms with E-state index in [0.29, 0.717) is 42.0 Å². The highest BCUT2D eigenvalue weighted by Crippen LogP contribution is 2.40. The van der Waals surface area contributed by atoms with E-state index in [1.807, 2.05) is 4.90 Å². The Morgan fingerprint density at radius 2 is 1.33 bits per heavy atom. The van der Waals surface area contributed by atoms with Gasteiger partial charge in [-0.2, -0.15) is 44.5 Å². The van der Waals surface area contributed by atoms with Crippen molar-refractivity contribution in [1.29, 1.82) is 0 Å². The number of halogens is 11. The SMILES string of the molecule is O=C(O)C(F)(F)F.O=c1nc(CN2CC[C@H](OCc3cc(C(F)(F)F)cc(C(F)(F)F)c3)[C@H](C(c3ccc(F)cc3)c3ccc(F)cc3)C2)[nH][nH]1. The fourth-order valence-electron chi connectivity index (χ4n) is 5.63. The molecule has 3 aromatic carbocycles. The first-order valence-corrected chi connectivity index (χ1v) is 14.8. The molecule has 1 fully saturated rings. The number of nitrogens with zero attached hydrogens (tertiary/aromatic N) is 2. The van der Waals surface area contributed by atoms with Gasteiger partial charge in [-0.25, -0.2) is 23.5 Å². The van der Waals surface area contributed by atoms with Crippen LogP contribution < -0.4 is 5.69 Å². The summed E-state index contributed by atoms with van der Waals surface area (Å²) in [5.74, 6) is -4.40. The Morgan fingerprint density at radius 1 is 0.843 bits per heavy atom. The molecule has 19 heteroatoms. The highest BCUT2D eigenvalue weighted by molar-refractivity contribution is 5.73. The lowest BCUT2D eigenvalue weighted by molar-refractivity contribution is -0.192. The Labute approximate surface area is 280 Å². The lowest BCUT2D eigenvalue weighted by Crippen LogP contribution is -2.46. The third kappa shape index (κ3) is 10.9. The van der Waals surface area contributed by atoms with Crippen LogP contribution in [0.3, 0.4) is 0 Å². The molecule has 276 valence electrons. The predicted molar refractivity (Wildman–Crippen MR) is 156 cm³/mol. The van der Waals surface area contributed by atoms with Gasteiger partial charge in [0.1, 0.15) is 17.5 Å². The molecular formula is C32H27F11N4O4. The number of carbonyl (C=O) groups is 1. The summed E-state index contributed by atoms with van der Waals surface area (Å²) in [6.45, 7) is 0.367. The number of hydrogen-bond acceptors (Lipinski definition) is 5. The van der Waals surface area contributed by atoms with Crippen molar-refractivity contribution in [3.63, 3.8) is 0 Å². The summed E-state index contributed by atoms with van der Waals surface area (Å²) in [6.07, 6.45) is -15.5. The monoisotopic (exact) mass is 740 g/mol. The Morgan fingerprint density at radius 3 is 1.75 bits per heavy atom. The van der Waals surface area contributed by atoms with E-state index in [9.17, 15) is 53.1 Å². The fourth-order valence-corrected chi connectivity index (χ4v) is 5.63. The highest BCUT2D eigenvalue weighted by atomic mass is 19.4. The van der Waals surface area contributed by atoms with E-state index in [1.54, 1.807) is 24.3 Å². The summed E-state index contributed by atoms with van der Waals surface area (Å²) in [7, 11) is 0. The van der Waals surface area contributed by atoms with Crippen LogP contribution >= 0.6 is 0 Å². The van der Waals surface area contributed by atoms with Crippen LogP contribution in [0.1, 0.15) is 46.0 Å². The van der Waals surface area contributed by atoms with Crippen molar-refractivity contribution in [3.8, 4) is 0 Å². The zero-order chi connectivity index (χ0) is 37.7. The molecular weight excluding hydrogens is 713 g/mol. The molecule has 1 aliphatic rings. The summed E-state index contributed by atoms with van der Waals surface area (Å²) in [4.78, 5) is 26.2. The second-order valence-electron chi connectivity index (χ2n) is 11.4. The number of nitrogens with one attached hydrogen (secondary N) is 2. The number of benzene rings is 3. The lowest BCUT2D eigenvalue weighted by Gasteiger charge is -2.42. The number of rotatable bonds is 8. The third-order valence-electron chi connectivity index (χ3n) is 7.84. The van der Waals surface area contributed by atoms with E-state index < -0.39 is 77.5 Å². The number of likely N-dealkylation sites (tertiary alicyclic amines) is 1. The number of aromatic nitrogens is 3. The number of piperidine rings is 1. The van der Waals surface area contributed by atoms with Crippen LogP contribution in [0.25, 0.3) is 0 Å². The number of hydrogen-bond donors (Lipinski definition) is 3. The van der Waals surface area contributed by atoms with Gasteiger partial charge in [0, 0.05) is 24.9 Å². The van der Waals surface area contributed by atoms with Gasteiger partial charge >= 0.3 is 30.2 Å². The normalized spacial score (nSPS) is 17.3. The molecule has 3 N–H and O–H groups in total. The van der Waals surface area contributed by atoms with Crippen LogP contribution in [-0.4, -0.2) is 56.5 Å². The summed E-state index contributed by atoms with van der Waals surface area (Å²) in [5, 5.41) is 12.2. The largest absolute Gasteiger partial charge is 0.490 e. The van der Waals surface area contributed by atoms with Crippen LogP contribution in [0, 0.1) is 17.6 Å². The first kappa shape index (κ1) is 39.0. The van der Waals surface area contributed by atoms with Gasteiger partial charge in [0.25, 0.3) is 0 Å². The standard InChI is InChI=1S/C30H26F8N4O2.C2HF3O2/c31-22-5-1-18(2-6-22)27(19-3-7-23(32)8-4-19)24-14-42(15-26-39-28(43)41-40-26)10-9-25(24)44-16-17-11-20(29(33,34)35)13-21(12-17)30(36,37)38;3-2(4,5)1(6)7/h1-8,11-13,24-25,27H,9-10,14-16H2,(H2,39,40,41,43);(H,6,7)/t24-,25+;/m1./s1. The number of aliphatic carboxylic acids is 1. The molecule has 0 spiro atoms. The quantitative estimate of drug-likeness (QED) is 0.164. The van der Waals surface area contributed by atoms with Crippen molar-refractivity contribution in [2.75, 3.05) is 13.1 Å². The summed E-state index contributed by atoms with van der Waals surface area (Å²) in [5.41, 5.74) is -2.47. The molecule has 51 heavy (non-hydrogen) atoms. The molecule has 8 nitrogen and oxygen atoms in total. The molecule has 1 saturated heterocycles. The predicted octanol–water partition coefficient (Wildman–Crippen LogP) is 7.29. The van der Waals surface area contributed by atoms with Crippen molar-refractivity contribution in [3.05, 3.63) is 122 Å². The van der Waals surface area contributed by atoms with Crippen LogP contribution in [0.5, 0.6) is 0 Å². The summed E-state index contributed by atoms with van der Waals surface area (Å²) >= 11 is 0. The molecule has 1 aliphatic heterocycles. The molecule has 5 rings (SSSR count). The minimum atomic E-state index is -5.08. The number of ether oxygens (including phenoxy) is 1. The molecule has 2 heterocycles. The van der Waals surface area contributed by atoms with Gasteiger partial charge in [-0.3, -0.25) is 10.00 Å². The number of H-pyrrole nitrogens is 2. The fraction of sp³-hybridized carbons (Fsp3) is 0.344. The van der Waals surface area contributed by atoms with Crippen molar-refractivity contribution < 1.29 is 62.9 Å². The maximum atomic E-state index is 13.9. The number of aromatic amines is 2. The van der Waals surface area contributed by atoms with E-state index in [2.05, 4.69) is 15.2 Å².